The van der Waals surface area contributed by atoms with E-state index >= 15 is 0 Å². The summed E-state index contributed by atoms with van der Waals surface area (Å²) in [5, 5.41) is 22.2. The van der Waals surface area contributed by atoms with E-state index in [4.69, 9.17) is 9.47 Å². The van der Waals surface area contributed by atoms with E-state index in [9.17, 15) is 24.8 Å². The second-order valence-corrected chi connectivity index (χ2v) is 8.52. The zero-order valence-corrected chi connectivity index (χ0v) is 19.6. The molecule has 3 rings (SSSR count). The van der Waals surface area contributed by atoms with Crippen LogP contribution < -0.4 is 4.74 Å². The van der Waals surface area contributed by atoms with Gasteiger partial charge in [0.1, 0.15) is 11.5 Å². The number of nitro benzene ring substituents is 1. The van der Waals surface area contributed by atoms with Gasteiger partial charge in [-0.2, -0.15) is 0 Å². The van der Waals surface area contributed by atoms with Crippen molar-refractivity contribution < 1.29 is 29.1 Å². The number of nitrogens with zero attached hydrogens (tertiary/aromatic N) is 2. The normalized spacial score (nSPS) is 17.4. The molecule has 1 amide bonds. The maximum Gasteiger partial charge on any atom is 0.295 e. The fourth-order valence-electron chi connectivity index (χ4n) is 3.80. The number of hydrogen-bond acceptors (Lipinski definition) is 7. The summed E-state index contributed by atoms with van der Waals surface area (Å²) in [5.74, 6) is -0.902. The molecule has 1 heterocycles. The van der Waals surface area contributed by atoms with Crippen LogP contribution in [0.3, 0.4) is 0 Å². The first kappa shape index (κ1) is 24.9. The molecule has 180 valence electrons. The Bertz CT molecular complexity index is 1120. The molecule has 2 aromatic carbocycles. The minimum Gasteiger partial charge on any atom is -0.507 e. The van der Waals surface area contributed by atoms with Crippen molar-refractivity contribution in [1.82, 2.24) is 4.90 Å². The molecule has 0 saturated carbocycles. The van der Waals surface area contributed by atoms with Gasteiger partial charge in [-0.15, -0.1) is 0 Å². The number of benzene rings is 2. The third-order valence-electron chi connectivity index (χ3n) is 5.52. The number of methoxy groups -OCH3 is 1. The van der Waals surface area contributed by atoms with Gasteiger partial charge >= 0.3 is 0 Å². The molecule has 1 saturated heterocycles. The third-order valence-corrected chi connectivity index (χ3v) is 5.52. The van der Waals surface area contributed by atoms with Crippen LogP contribution >= 0.6 is 0 Å². The van der Waals surface area contributed by atoms with E-state index in [1.165, 1.54) is 36.3 Å². The van der Waals surface area contributed by atoms with Crippen LogP contribution in [0.2, 0.25) is 0 Å². The van der Waals surface area contributed by atoms with Crippen molar-refractivity contribution in [2.75, 3.05) is 26.9 Å². The second-order valence-electron chi connectivity index (χ2n) is 8.52. The molecule has 1 aliphatic heterocycles. The van der Waals surface area contributed by atoms with E-state index in [0.717, 1.165) is 5.56 Å². The predicted molar refractivity (Wildman–Crippen MR) is 125 cm³/mol. The molecular weight excluding hydrogens is 440 g/mol. The van der Waals surface area contributed by atoms with Gasteiger partial charge in [0.2, 0.25) is 0 Å². The number of ether oxygens (including phenoxy) is 2. The Morgan fingerprint density at radius 1 is 1.18 bits per heavy atom. The average molecular weight is 469 g/mol. The van der Waals surface area contributed by atoms with Crippen LogP contribution in [0.25, 0.3) is 5.76 Å². The summed E-state index contributed by atoms with van der Waals surface area (Å²) in [7, 11) is 1.48. The summed E-state index contributed by atoms with van der Waals surface area (Å²) in [6.45, 7) is 6.74. The number of amides is 1. The molecule has 34 heavy (non-hydrogen) atoms. The lowest BCUT2D eigenvalue weighted by Gasteiger charge is -2.25. The summed E-state index contributed by atoms with van der Waals surface area (Å²) in [5.41, 5.74) is 1.41. The van der Waals surface area contributed by atoms with Crippen LogP contribution in [0.5, 0.6) is 5.75 Å². The van der Waals surface area contributed by atoms with E-state index < -0.39 is 22.7 Å². The molecule has 0 spiro atoms. The Kier molecular flexibility index (Phi) is 7.68. The average Bonchev–Trinajstić information content (AvgIpc) is 3.06. The Labute approximate surface area is 197 Å². The van der Waals surface area contributed by atoms with Crippen molar-refractivity contribution >= 4 is 23.1 Å². The number of hydrogen-bond donors (Lipinski definition) is 1. The second kappa shape index (κ2) is 10.5. The molecule has 2 aromatic rings. The van der Waals surface area contributed by atoms with E-state index in [0.29, 0.717) is 29.4 Å². The van der Waals surface area contributed by atoms with Crippen LogP contribution in [-0.2, 0) is 14.3 Å². The maximum atomic E-state index is 13.0. The van der Waals surface area contributed by atoms with Gasteiger partial charge in [-0.3, -0.25) is 19.7 Å². The van der Waals surface area contributed by atoms with E-state index in [1.807, 2.05) is 20.8 Å². The molecule has 0 radical (unpaired) electrons. The van der Waals surface area contributed by atoms with Crippen molar-refractivity contribution in [3.8, 4) is 5.75 Å². The number of nitro groups is 1. The van der Waals surface area contributed by atoms with Gasteiger partial charge < -0.3 is 19.5 Å². The first-order chi connectivity index (χ1) is 16.1. The number of aliphatic hydroxyl groups excluding tert-OH is 1. The van der Waals surface area contributed by atoms with Gasteiger partial charge in [0.15, 0.2) is 0 Å². The first-order valence-corrected chi connectivity index (χ1v) is 10.9. The zero-order chi connectivity index (χ0) is 25.0. The van der Waals surface area contributed by atoms with Crippen LogP contribution in [0.4, 0.5) is 5.69 Å². The minimum absolute atomic E-state index is 0.0785. The predicted octanol–water partition coefficient (Wildman–Crippen LogP) is 4.01. The Balaban J connectivity index is 2.08. The quantitative estimate of drug-likeness (QED) is 0.194. The lowest BCUT2D eigenvalue weighted by molar-refractivity contribution is -0.384. The lowest BCUT2D eigenvalue weighted by Crippen LogP contribution is -2.32. The molecule has 9 nitrogen and oxygen atoms in total. The Morgan fingerprint density at radius 2 is 1.85 bits per heavy atom. The van der Waals surface area contributed by atoms with Crippen molar-refractivity contribution in [1.29, 1.82) is 0 Å². The van der Waals surface area contributed by atoms with Gasteiger partial charge in [0.25, 0.3) is 17.4 Å². The smallest absolute Gasteiger partial charge is 0.295 e. The largest absolute Gasteiger partial charge is 0.507 e. The maximum absolute atomic E-state index is 13.0. The highest BCUT2D eigenvalue weighted by Crippen LogP contribution is 2.40. The summed E-state index contributed by atoms with van der Waals surface area (Å²) in [6.07, 6.45) is 0. The molecule has 0 unspecified atom stereocenters. The number of aliphatic hydroxyl groups is 1. The number of carbonyl (C=O) groups is 2. The van der Waals surface area contributed by atoms with E-state index in [-0.39, 0.29) is 30.2 Å². The van der Waals surface area contributed by atoms with Crippen molar-refractivity contribution in [2.45, 2.75) is 26.8 Å². The molecule has 1 N–H and O–H groups in total. The Hall–Kier alpha value is -3.72. The number of rotatable bonds is 9. The van der Waals surface area contributed by atoms with Gasteiger partial charge in [-0.25, -0.2) is 0 Å². The van der Waals surface area contributed by atoms with Crippen molar-refractivity contribution in [2.24, 2.45) is 5.92 Å². The molecule has 1 fully saturated rings. The number of carbonyl (C=O) groups excluding carboxylic acids is 2. The van der Waals surface area contributed by atoms with E-state index in [1.54, 1.807) is 18.2 Å². The summed E-state index contributed by atoms with van der Waals surface area (Å²) in [4.78, 5) is 37.7. The van der Waals surface area contributed by atoms with Gasteiger partial charge in [0.05, 0.1) is 29.8 Å². The van der Waals surface area contributed by atoms with Crippen LogP contribution in [0, 0.1) is 23.0 Å². The molecule has 0 aromatic heterocycles. The fraction of sp³-hybridized carbons (Fsp3) is 0.360. The van der Waals surface area contributed by atoms with Crippen molar-refractivity contribution in [3.63, 3.8) is 0 Å². The molecular formula is C25H28N2O7. The number of Topliss-reactive ketones (excluding diaryl/α,β-unsaturated/α-hetero) is 1. The van der Waals surface area contributed by atoms with Gasteiger partial charge in [-0.1, -0.05) is 13.8 Å². The molecule has 1 atom stereocenters. The Morgan fingerprint density at radius 3 is 2.41 bits per heavy atom. The highest BCUT2D eigenvalue weighted by Gasteiger charge is 2.46. The lowest BCUT2D eigenvalue weighted by atomic mass is 9.94. The number of likely N-dealkylation sites (tertiary alicyclic amines) is 1. The minimum atomic E-state index is -0.909. The van der Waals surface area contributed by atoms with Crippen LogP contribution in [0.15, 0.2) is 48.0 Å². The number of aryl methyl sites for hydroxylation is 1. The number of ketones is 1. The van der Waals surface area contributed by atoms with Gasteiger partial charge in [0, 0.05) is 31.4 Å². The van der Waals surface area contributed by atoms with Crippen molar-refractivity contribution in [3.05, 3.63) is 74.8 Å². The van der Waals surface area contributed by atoms with Crippen LogP contribution in [-0.4, -0.2) is 53.5 Å². The van der Waals surface area contributed by atoms with Crippen LogP contribution in [0.1, 0.15) is 36.6 Å². The molecule has 1 aliphatic rings. The highest BCUT2D eigenvalue weighted by molar-refractivity contribution is 6.46. The van der Waals surface area contributed by atoms with Gasteiger partial charge in [-0.05, 0) is 54.3 Å². The molecule has 9 heteroatoms. The monoisotopic (exact) mass is 468 g/mol. The highest BCUT2D eigenvalue weighted by atomic mass is 16.6. The molecule has 0 bridgehead atoms. The molecule has 0 aliphatic carbocycles. The number of non-ortho nitro benzene ring substituents is 1. The third kappa shape index (κ3) is 5.09. The zero-order valence-electron chi connectivity index (χ0n) is 19.6. The fourth-order valence-corrected chi connectivity index (χ4v) is 3.80. The summed E-state index contributed by atoms with van der Waals surface area (Å²) in [6, 6.07) is 9.70. The van der Waals surface area contributed by atoms with E-state index in [2.05, 4.69) is 0 Å². The first-order valence-electron chi connectivity index (χ1n) is 10.9. The summed E-state index contributed by atoms with van der Waals surface area (Å²) < 4.78 is 10.9. The standard InChI is InChI=1S/C25H28N2O7/c1-15(2)14-34-20-10-7-18(13-16(20)3)23(28)21-22(17-5-8-19(9-6-17)27(31)32)26(11-12-33-4)25(30)24(21)29/h5-10,13,15,22,28H,11-12,14H2,1-4H3/b23-21+/t22-/m0/s1. The summed E-state index contributed by atoms with van der Waals surface area (Å²) >= 11 is 0. The SMILES string of the molecule is COCCN1C(=O)C(=O)/C(=C(/O)c2ccc(OCC(C)C)c(C)c2)[C@@H]1c1ccc([N+](=O)[O-])cc1. The topological polar surface area (TPSA) is 119 Å².